The van der Waals surface area contributed by atoms with Gasteiger partial charge in [-0.1, -0.05) is 12.1 Å². The van der Waals surface area contributed by atoms with Crippen LogP contribution in [0.5, 0.6) is 0 Å². The Hall–Kier alpha value is -3.50. The largest absolute Gasteiger partial charge is 0.381 e. The SMILES string of the molecule is Cc1c(-c2cnn(C3CCOCC3)c2)cnc2n[nH]c(-c3cccc(C#N)c3)c12. The summed E-state index contributed by atoms with van der Waals surface area (Å²) in [5.74, 6) is 0. The van der Waals surface area contributed by atoms with Crippen LogP contribution >= 0.6 is 0 Å². The monoisotopic (exact) mass is 384 g/mol. The Morgan fingerprint density at radius 3 is 2.90 bits per heavy atom. The van der Waals surface area contributed by atoms with E-state index >= 15 is 0 Å². The Balaban J connectivity index is 1.59. The number of hydrogen-bond acceptors (Lipinski definition) is 5. The predicted octanol–water partition coefficient (Wildman–Crippen LogP) is 4.02. The summed E-state index contributed by atoms with van der Waals surface area (Å²) in [6, 6.07) is 10.1. The number of ether oxygens (including phenoxy) is 1. The van der Waals surface area contributed by atoms with Crippen LogP contribution in [0.4, 0.5) is 0 Å². The number of nitrogens with zero attached hydrogens (tertiary/aromatic N) is 5. The van der Waals surface area contributed by atoms with Crippen molar-refractivity contribution >= 4 is 11.0 Å². The maximum absolute atomic E-state index is 9.22. The fourth-order valence-corrected chi connectivity index (χ4v) is 4.01. The highest BCUT2D eigenvalue weighted by atomic mass is 16.5. The smallest absolute Gasteiger partial charge is 0.181 e. The molecule has 0 amide bonds. The van der Waals surface area contributed by atoms with Gasteiger partial charge in [-0.25, -0.2) is 4.98 Å². The van der Waals surface area contributed by atoms with Crippen molar-refractivity contribution < 1.29 is 4.74 Å². The molecule has 1 fully saturated rings. The van der Waals surface area contributed by atoms with Gasteiger partial charge in [-0.05, 0) is 37.5 Å². The van der Waals surface area contributed by atoms with Crippen LogP contribution in [0, 0.1) is 18.3 Å². The molecule has 1 aliphatic heterocycles. The third-order valence-electron chi connectivity index (χ3n) is 5.60. The van der Waals surface area contributed by atoms with Crippen molar-refractivity contribution in [2.75, 3.05) is 13.2 Å². The summed E-state index contributed by atoms with van der Waals surface area (Å²) in [6.45, 7) is 3.65. The van der Waals surface area contributed by atoms with Gasteiger partial charge in [0, 0.05) is 42.3 Å². The fourth-order valence-electron chi connectivity index (χ4n) is 4.01. The second-order valence-electron chi connectivity index (χ2n) is 7.34. The summed E-state index contributed by atoms with van der Waals surface area (Å²) in [5, 5.41) is 22.3. The Bertz CT molecular complexity index is 1230. The van der Waals surface area contributed by atoms with Gasteiger partial charge >= 0.3 is 0 Å². The fraction of sp³-hybridized carbons (Fsp3) is 0.273. The van der Waals surface area contributed by atoms with Gasteiger partial charge in [0.2, 0.25) is 0 Å². The van der Waals surface area contributed by atoms with E-state index < -0.39 is 0 Å². The quantitative estimate of drug-likeness (QED) is 0.576. The molecule has 7 nitrogen and oxygen atoms in total. The first-order valence-corrected chi connectivity index (χ1v) is 9.71. The predicted molar refractivity (Wildman–Crippen MR) is 109 cm³/mol. The molecule has 0 unspecified atom stereocenters. The molecule has 3 aromatic heterocycles. The molecule has 1 aromatic carbocycles. The van der Waals surface area contributed by atoms with Crippen LogP contribution in [-0.4, -0.2) is 38.2 Å². The number of aromatic amines is 1. The van der Waals surface area contributed by atoms with Crippen molar-refractivity contribution in [3.05, 3.63) is 54.0 Å². The van der Waals surface area contributed by atoms with Crippen molar-refractivity contribution in [3.8, 4) is 28.5 Å². The van der Waals surface area contributed by atoms with Crippen molar-refractivity contribution in [1.29, 1.82) is 5.26 Å². The Labute approximate surface area is 168 Å². The zero-order chi connectivity index (χ0) is 19.8. The summed E-state index contributed by atoms with van der Waals surface area (Å²) in [7, 11) is 0. The molecule has 1 N–H and O–H groups in total. The molecular formula is C22H20N6O. The van der Waals surface area contributed by atoms with E-state index in [9.17, 15) is 5.26 Å². The topological polar surface area (TPSA) is 92.4 Å². The highest BCUT2D eigenvalue weighted by Gasteiger charge is 2.19. The van der Waals surface area contributed by atoms with Crippen LogP contribution in [0.1, 0.15) is 30.0 Å². The van der Waals surface area contributed by atoms with Crippen LogP contribution in [-0.2, 0) is 4.74 Å². The Morgan fingerprint density at radius 1 is 1.21 bits per heavy atom. The van der Waals surface area contributed by atoms with Gasteiger partial charge in [0.05, 0.1) is 35.0 Å². The minimum absolute atomic E-state index is 0.382. The summed E-state index contributed by atoms with van der Waals surface area (Å²) in [5.41, 5.74) is 6.25. The lowest BCUT2D eigenvalue weighted by Crippen LogP contribution is -2.19. The molecule has 29 heavy (non-hydrogen) atoms. The van der Waals surface area contributed by atoms with Gasteiger partial charge in [0.1, 0.15) is 0 Å². The number of rotatable bonds is 3. The summed E-state index contributed by atoms with van der Waals surface area (Å²) < 4.78 is 7.51. The van der Waals surface area contributed by atoms with Crippen LogP contribution in [0.15, 0.2) is 42.9 Å². The molecular weight excluding hydrogens is 364 g/mol. The standard InChI is InChI=1S/C22H20N6O/c1-14-19(17-11-25-28(13-17)18-5-7-29-8-6-18)12-24-22-20(14)21(26-27-22)16-4-2-3-15(9-16)10-23/h2-4,9,11-13,18H,5-8H2,1H3,(H,24,26,27). The molecule has 1 aliphatic rings. The van der Waals surface area contributed by atoms with Gasteiger partial charge < -0.3 is 4.74 Å². The molecule has 0 saturated carbocycles. The normalized spacial score (nSPS) is 14.9. The highest BCUT2D eigenvalue weighted by Crippen LogP contribution is 2.34. The van der Waals surface area contributed by atoms with E-state index in [0.29, 0.717) is 17.3 Å². The number of hydrogen-bond donors (Lipinski definition) is 1. The molecule has 7 heteroatoms. The lowest BCUT2D eigenvalue weighted by atomic mass is 9.99. The van der Waals surface area contributed by atoms with E-state index in [-0.39, 0.29) is 0 Å². The first-order chi connectivity index (χ1) is 14.2. The number of H-pyrrole nitrogens is 1. The minimum atomic E-state index is 0.382. The van der Waals surface area contributed by atoms with Gasteiger partial charge in [-0.15, -0.1) is 0 Å². The number of fused-ring (bicyclic) bond motifs is 1. The number of aryl methyl sites for hydroxylation is 1. The summed E-state index contributed by atoms with van der Waals surface area (Å²) in [6.07, 6.45) is 7.83. The summed E-state index contributed by atoms with van der Waals surface area (Å²) >= 11 is 0. The first kappa shape index (κ1) is 17.6. The zero-order valence-corrected chi connectivity index (χ0v) is 16.1. The second kappa shape index (κ2) is 7.15. The third kappa shape index (κ3) is 3.08. The van der Waals surface area contributed by atoms with E-state index in [0.717, 1.165) is 59.4 Å². The molecule has 5 rings (SSSR count). The molecule has 144 valence electrons. The Kier molecular flexibility index (Phi) is 4.34. The number of benzene rings is 1. The van der Waals surface area contributed by atoms with Crippen LogP contribution in [0.3, 0.4) is 0 Å². The van der Waals surface area contributed by atoms with E-state index in [2.05, 4.69) is 39.5 Å². The maximum Gasteiger partial charge on any atom is 0.181 e. The van der Waals surface area contributed by atoms with Crippen molar-refractivity contribution in [2.45, 2.75) is 25.8 Å². The van der Waals surface area contributed by atoms with Gasteiger partial charge in [0.25, 0.3) is 0 Å². The van der Waals surface area contributed by atoms with Crippen LogP contribution in [0.25, 0.3) is 33.4 Å². The number of pyridine rings is 1. The zero-order valence-electron chi connectivity index (χ0n) is 16.1. The molecule has 0 spiro atoms. The van der Waals surface area contributed by atoms with Crippen LogP contribution in [0.2, 0.25) is 0 Å². The number of aromatic nitrogens is 5. The van der Waals surface area contributed by atoms with E-state index in [1.807, 2.05) is 35.3 Å². The Morgan fingerprint density at radius 2 is 2.07 bits per heavy atom. The highest BCUT2D eigenvalue weighted by molar-refractivity contribution is 5.96. The van der Waals surface area contributed by atoms with Gasteiger partial charge in [-0.3, -0.25) is 9.78 Å². The third-order valence-corrected chi connectivity index (χ3v) is 5.60. The van der Waals surface area contributed by atoms with Crippen molar-refractivity contribution in [3.63, 3.8) is 0 Å². The molecule has 4 aromatic rings. The van der Waals surface area contributed by atoms with E-state index in [4.69, 9.17) is 4.74 Å². The molecule has 0 bridgehead atoms. The summed E-state index contributed by atoms with van der Waals surface area (Å²) in [4.78, 5) is 4.56. The average molecular weight is 384 g/mol. The number of nitriles is 1. The van der Waals surface area contributed by atoms with Crippen molar-refractivity contribution in [2.24, 2.45) is 0 Å². The average Bonchev–Trinajstić information content (AvgIpc) is 3.43. The lowest BCUT2D eigenvalue weighted by molar-refractivity contribution is 0.0662. The van der Waals surface area contributed by atoms with Gasteiger partial charge in [-0.2, -0.15) is 15.5 Å². The first-order valence-electron chi connectivity index (χ1n) is 9.71. The van der Waals surface area contributed by atoms with E-state index in [1.54, 1.807) is 6.07 Å². The molecule has 1 saturated heterocycles. The van der Waals surface area contributed by atoms with E-state index in [1.165, 1.54) is 0 Å². The van der Waals surface area contributed by atoms with Crippen molar-refractivity contribution in [1.82, 2.24) is 25.0 Å². The molecule has 4 heterocycles. The lowest BCUT2D eigenvalue weighted by Gasteiger charge is -2.22. The van der Waals surface area contributed by atoms with Crippen LogP contribution < -0.4 is 0 Å². The maximum atomic E-state index is 9.22. The minimum Gasteiger partial charge on any atom is -0.381 e. The molecule has 0 radical (unpaired) electrons. The molecule has 0 aliphatic carbocycles. The van der Waals surface area contributed by atoms with Gasteiger partial charge in [0.15, 0.2) is 5.65 Å². The number of nitrogens with one attached hydrogen (secondary N) is 1. The second-order valence-corrected chi connectivity index (χ2v) is 7.34. The molecule has 0 atom stereocenters.